The third kappa shape index (κ3) is 5.28. The number of nitrogens with zero attached hydrogens (tertiary/aromatic N) is 2. The quantitative estimate of drug-likeness (QED) is 0.702. The van der Waals surface area contributed by atoms with Crippen molar-refractivity contribution in [2.24, 2.45) is 0 Å². The van der Waals surface area contributed by atoms with E-state index >= 15 is 0 Å². The van der Waals surface area contributed by atoms with E-state index in [9.17, 15) is 18.4 Å². The molecule has 1 aromatic carbocycles. The van der Waals surface area contributed by atoms with Crippen LogP contribution in [0, 0.1) is 0 Å². The van der Waals surface area contributed by atoms with Gasteiger partial charge in [-0.05, 0) is 41.1 Å². The largest absolute Gasteiger partial charge is 0.435 e. The fourth-order valence-electron chi connectivity index (χ4n) is 3.16. The molecule has 5 nitrogen and oxygen atoms in total. The summed E-state index contributed by atoms with van der Waals surface area (Å²) in [6.07, 6.45) is 1.20. The van der Waals surface area contributed by atoms with E-state index in [2.05, 4.69) is 10.8 Å². The average molecular weight is 408 g/mol. The molecule has 3 rings (SSSR count). The first kappa shape index (κ1) is 20.3. The van der Waals surface area contributed by atoms with Crippen molar-refractivity contribution in [3.8, 4) is 5.75 Å². The molecule has 0 saturated carbocycles. The molecule has 0 spiro atoms. The molecule has 2 amide bonds. The van der Waals surface area contributed by atoms with Crippen LogP contribution in [-0.2, 0) is 29.1 Å². The minimum absolute atomic E-state index is 0.00731. The summed E-state index contributed by atoms with van der Waals surface area (Å²) < 4.78 is 28.7. The van der Waals surface area contributed by atoms with E-state index in [1.165, 1.54) is 27.5 Å². The zero-order valence-electron chi connectivity index (χ0n) is 15.6. The van der Waals surface area contributed by atoms with Crippen LogP contribution in [0.3, 0.4) is 0 Å². The van der Waals surface area contributed by atoms with Crippen LogP contribution in [0.25, 0.3) is 0 Å². The zero-order chi connectivity index (χ0) is 20.1. The Labute approximate surface area is 166 Å². The minimum Gasteiger partial charge on any atom is -0.435 e. The van der Waals surface area contributed by atoms with Gasteiger partial charge in [0.1, 0.15) is 5.75 Å². The minimum atomic E-state index is -2.86. The predicted molar refractivity (Wildman–Crippen MR) is 102 cm³/mol. The van der Waals surface area contributed by atoms with Crippen molar-refractivity contribution >= 4 is 23.2 Å². The monoisotopic (exact) mass is 408 g/mol. The second-order valence-corrected chi connectivity index (χ2v) is 7.71. The molecule has 0 fully saturated rings. The average Bonchev–Trinajstić information content (AvgIpc) is 3.14. The summed E-state index contributed by atoms with van der Waals surface area (Å²) in [6.45, 7) is -1.21. The summed E-state index contributed by atoms with van der Waals surface area (Å²) >= 11 is 1.72. The Balaban J connectivity index is 1.44. The van der Waals surface area contributed by atoms with Crippen LogP contribution >= 0.6 is 11.3 Å². The molecule has 0 unspecified atom stereocenters. The molecule has 2 heterocycles. The van der Waals surface area contributed by atoms with Crippen molar-refractivity contribution in [3.05, 3.63) is 51.7 Å². The van der Waals surface area contributed by atoms with Gasteiger partial charge < -0.3 is 14.5 Å². The van der Waals surface area contributed by atoms with E-state index < -0.39 is 6.61 Å². The Morgan fingerprint density at radius 3 is 2.68 bits per heavy atom. The van der Waals surface area contributed by atoms with Crippen LogP contribution in [0.4, 0.5) is 8.78 Å². The number of carbonyl (C=O) groups is 2. The number of ether oxygens (including phenoxy) is 1. The second-order valence-electron chi connectivity index (χ2n) is 6.71. The van der Waals surface area contributed by atoms with Crippen molar-refractivity contribution < 1.29 is 23.1 Å². The van der Waals surface area contributed by atoms with Gasteiger partial charge in [-0.25, -0.2) is 0 Å². The van der Waals surface area contributed by atoms with Gasteiger partial charge in [-0.15, -0.1) is 11.3 Å². The van der Waals surface area contributed by atoms with Crippen molar-refractivity contribution in [2.45, 2.75) is 39.0 Å². The lowest BCUT2D eigenvalue weighted by atomic mass is 10.1. The SMILES string of the molecule is CN(Cc1ccc(OC(F)F)cc1)C(=O)CCC(=O)N1CCc2sccc2C1. The molecule has 0 aliphatic carbocycles. The van der Waals surface area contributed by atoms with Crippen molar-refractivity contribution in [3.63, 3.8) is 0 Å². The molecular weight excluding hydrogens is 386 g/mol. The van der Waals surface area contributed by atoms with Gasteiger partial charge in [0.05, 0.1) is 0 Å². The van der Waals surface area contributed by atoms with Crippen LogP contribution in [0.5, 0.6) is 5.75 Å². The number of thiophene rings is 1. The Morgan fingerprint density at radius 1 is 1.21 bits per heavy atom. The lowest BCUT2D eigenvalue weighted by Crippen LogP contribution is -2.36. The van der Waals surface area contributed by atoms with Gasteiger partial charge >= 0.3 is 6.61 Å². The predicted octanol–water partition coefficient (Wildman–Crippen LogP) is 3.67. The number of hydrogen-bond acceptors (Lipinski definition) is 4. The van der Waals surface area contributed by atoms with Gasteiger partial charge in [0.25, 0.3) is 0 Å². The molecule has 8 heteroatoms. The van der Waals surface area contributed by atoms with Crippen LogP contribution in [0.2, 0.25) is 0 Å². The number of benzene rings is 1. The van der Waals surface area contributed by atoms with Gasteiger partial charge in [-0.2, -0.15) is 8.78 Å². The summed E-state index contributed by atoms with van der Waals surface area (Å²) in [4.78, 5) is 29.4. The molecule has 0 N–H and O–H groups in total. The van der Waals surface area contributed by atoms with E-state index in [0.29, 0.717) is 19.6 Å². The van der Waals surface area contributed by atoms with Crippen LogP contribution in [0.1, 0.15) is 28.8 Å². The van der Waals surface area contributed by atoms with Crippen molar-refractivity contribution in [1.29, 1.82) is 0 Å². The lowest BCUT2D eigenvalue weighted by Gasteiger charge is -2.27. The normalized spacial score (nSPS) is 13.4. The lowest BCUT2D eigenvalue weighted by molar-refractivity contribution is -0.137. The third-order valence-electron chi connectivity index (χ3n) is 4.71. The standard InChI is InChI=1S/C20H22F2N2O3S/c1-23(12-14-2-4-16(5-3-14)27-20(21)22)18(25)6-7-19(26)24-10-8-17-15(13-24)9-11-28-17/h2-5,9,11,20H,6-8,10,12-13H2,1H3. The molecule has 1 aromatic heterocycles. The van der Waals surface area contributed by atoms with Crippen LogP contribution in [-0.4, -0.2) is 41.8 Å². The zero-order valence-corrected chi connectivity index (χ0v) is 16.4. The second kappa shape index (κ2) is 9.14. The van der Waals surface area contributed by atoms with Crippen molar-refractivity contribution in [1.82, 2.24) is 9.80 Å². The first-order valence-corrected chi connectivity index (χ1v) is 9.91. The molecule has 2 aromatic rings. The fourth-order valence-corrected chi connectivity index (χ4v) is 4.05. The first-order valence-electron chi connectivity index (χ1n) is 9.03. The molecule has 0 radical (unpaired) electrons. The smallest absolute Gasteiger partial charge is 0.387 e. The number of rotatable bonds is 7. The highest BCUT2D eigenvalue weighted by atomic mass is 32.1. The summed E-state index contributed by atoms with van der Waals surface area (Å²) in [5.74, 6) is -0.0600. The molecule has 28 heavy (non-hydrogen) atoms. The number of fused-ring (bicyclic) bond motifs is 1. The summed E-state index contributed by atoms with van der Waals surface area (Å²) in [5, 5.41) is 2.04. The third-order valence-corrected chi connectivity index (χ3v) is 5.73. The number of amides is 2. The highest BCUT2D eigenvalue weighted by Gasteiger charge is 2.22. The highest BCUT2D eigenvalue weighted by Crippen LogP contribution is 2.24. The van der Waals surface area contributed by atoms with Crippen molar-refractivity contribution in [2.75, 3.05) is 13.6 Å². The van der Waals surface area contributed by atoms with Gasteiger partial charge in [0.15, 0.2) is 0 Å². The Bertz CT molecular complexity index is 823. The number of halogens is 2. The van der Waals surface area contributed by atoms with Gasteiger partial charge in [0, 0.05) is 44.4 Å². The van der Waals surface area contributed by atoms with Crippen LogP contribution in [0.15, 0.2) is 35.7 Å². The van der Waals surface area contributed by atoms with Gasteiger partial charge in [-0.3, -0.25) is 9.59 Å². The van der Waals surface area contributed by atoms with E-state index in [1.807, 2.05) is 10.3 Å². The van der Waals surface area contributed by atoms with Gasteiger partial charge in [0.2, 0.25) is 11.8 Å². The summed E-state index contributed by atoms with van der Waals surface area (Å²) in [7, 11) is 1.66. The maximum Gasteiger partial charge on any atom is 0.387 e. The summed E-state index contributed by atoms with van der Waals surface area (Å²) in [5.41, 5.74) is 2.00. The Kier molecular flexibility index (Phi) is 6.61. The Hall–Kier alpha value is -2.48. The fraction of sp³-hybridized carbons (Fsp3) is 0.400. The molecular formula is C20H22F2N2O3S. The number of carbonyl (C=O) groups excluding carboxylic acids is 2. The molecule has 0 saturated heterocycles. The maximum absolute atomic E-state index is 12.4. The van der Waals surface area contributed by atoms with Crippen LogP contribution < -0.4 is 4.74 Å². The van der Waals surface area contributed by atoms with E-state index in [-0.39, 0.29) is 30.4 Å². The summed E-state index contributed by atoms with van der Waals surface area (Å²) in [6, 6.07) is 8.21. The molecule has 150 valence electrons. The topological polar surface area (TPSA) is 49.9 Å². The Morgan fingerprint density at radius 2 is 1.96 bits per heavy atom. The van der Waals surface area contributed by atoms with E-state index in [0.717, 1.165) is 12.0 Å². The van der Waals surface area contributed by atoms with E-state index in [1.54, 1.807) is 30.5 Å². The number of hydrogen-bond donors (Lipinski definition) is 0. The maximum atomic E-state index is 12.4. The molecule has 0 atom stereocenters. The molecule has 0 bridgehead atoms. The molecule has 1 aliphatic heterocycles. The number of alkyl halides is 2. The molecule has 1 aliphatic rings. The van der Waals surface area contributed by atoms with E-state index in [4.69, 9.17) is 0 Å². The first-order chi connectivity index (χ1) is 13.4. The van der Waals surface area contributed by atoms with Gasteiger partial charge in [-0.1, -0.05) is 12.1 Å². The highest BCUT2D eigenvalue weighted by molar-refractivity contribution is 7.10.